The van der Waals surface area contributed by atoms with Gasteiger partial charge in [-0.15, -0.1) is 0 Å². The van der Waals surface area contributed by atoms with Gasteiger partial charge in [-0.2, -0.15) is 0 Å². The minimum Gasteiger partial charge on any atom is -0.465 e. The zero-order valence-electron chi connectivity index (χ0n) is 21.1. The Balaban J connectivity index is 1.88. The topological polar surface area (TPSA) is 80.0 Å². The van der Waals surface area contributed by atoms with Crippen LogP contribution in [-0.2, 0) is 37.0 Å². The molecule has 6 nitrogen and oxygen atoms in total. The maximum Gasteiger partial charge on any atom is 0.323 e. The molecule has 1 unspecified atom stereocenters. The molecule has 2 N–H and O–H groups in total. The fourth-order valence-electron chi connectivity index (χ4n) is 4.58. The summed E-state index contributed by atoms with van der Waals surface area (Å²) in [6.45, 7) is 5.84. The first-order valence-electron chi connectivity index (χ1n) is 12.5. The van der Waals surface area contributed by atoms with Crippen molar-refractivity contribution in [3.63, 3.8) is 0 Å². The van der Waals surface area contributed by atoms with Crippen LogP contribution >= 0.6 is 0 Å². The maximum absolute atomic E-state index is 15.8. The standard InChI is InChI=1S/C28H37F2NO5/c1-4-23-19(3)24(34-17-20-12-8-6-9-13-20)25(35-18-21-14-10-7-11-15-21)26(36-23)28(29,30)16-22(31)27(32)33-5-2/h6-15,19,22-26H,4-5,16-18,31H2,1-3H3/t19-,22?,23+,24-,25+,26+/m0/s1. The molecular weight excluding hydrogens is 468 g/mol. The highest BCUT2D eigenvalue weighted by atomic mass is 19.3. The fourth-order valence-corrected chi connectivity index (χ4v) is 4.58. The molecule has 8 heteroatoms. The molecule has 36 heavy (non-hydrogen) atoms. The van der Waals surface area contributed by atoms with E-state index in [2.05, 4.69) is 0 Å². The number of hydrogen-bond acceptors (Lipinski definition) is 6. The van der Waals surface area contributed by atoms with Gasteiger partial charge in [0.05, 0.1) is 32.0 Å². The van der Waals surface area contributed by atoms with Gasteiger partial charge in [-0.3, -0.25) is 4.79 Å². The number of carbonyl (C=O) groups excluding carboxylic acids is 1. The average Bonchev–Trinajstić information content (AvgIpc) is 2.87. The molecule has 1 fully saturated rings. The summed E-state index contributed by atoms with van der Waals surface area (Å²) in [6.07, 6.45) is -4.27. The molecular formula is C28H37F2NO5. The van der Waals surface area contributed by atoms with Crippen LogP contribution in [0.15, 0.2) is 60.7 Å². The van der Waals surface area contributed by atoms with E-state index in [0.29, 0.717) is 6.42 Å². The van der Waals surface area contributed by atoms with Crippen molar-refractivity contribution >= 4 is 5.97 Å². The molecule has 1 saturated heterocycles. The monoisotopic (exact) mass is 505 g/mol. The summed E-state index contributed by atoms with van der Waals surface area (Å²) in [5, 5.41) is 0. The van der Waals surface area contributed by atoms with Crippen molar-refractivity contribution in [2.24, 2.45) is 11.7 Å². The molecule has 6 atom stereocenters. The molecule has 0 aromatic heterocycles. The number of benzene rings is 2. The van der Waals surface area contributed by atoms with Crippen molar-refractivity contribution < 1.29 is 32.5 Å². The molecule has 1 aliphatic heterocycles. The van der Waals surface area contributed by atoms with Gasteiger partial charge in [0.25, 0.3) is 5.92 Å². The second kappa shape index (κ2) is 13.2. The fraction of sp³-hybridized carbons (Fsp3) is 0.536. The lowest BCUT2D eigenvalue weighted by atomic mass is 9.83. The number of halogens is 2. The third-order valence-corrected chi connectivity index (χ3v) is 6.52. The number of nitrogens with two attached hydrogens (primary N) is 1. The van der Waals surface area contributed by atoms with E-state index in [9.17, 15) is 4.79 Å². The van der Waals surface area contributed by atoms with Gasteiger partial charge in [0.2, 0.25) is 0 Å². The van der Waals surface area contributed by atoms with Crippen LogP contribution in [0.3, 0.4) is 0 Å². The first-order valence-corrected chi connectivity index (χ1v) is 12.5. The van der Waals surface area contributed by atoms with Gasteiger partial charge < -0.3 is 24.7 Å². The van der Waals surface area contributed by atoms with Crippen LogP contribution in [0.2, 0.25) is 0 Å². The predicted molar refractivity (Wildman–Crippen MR) is 132 cm³/mol. The Morgan fingerprint density at radius 1 is 0.972 bits per heavy atom. The molecule has 1 aliphatic rings. The van der Waals surface area contributed by atoms with Gasteiger partial charge in [0.15, 0.2) is 0 Å². The summed E-state index contributed by atoms with van der Waals surface area (Å²) in [6, 6.07) is 17.4. The second-order valence-electron chi connectivity index (χ2n) is 9.21. The summed E-state index contributed by atoms with van der Waals surface area (Å²) in [7, 11) is 0. The average molecular weight is 506 g/mol. The molecule has 0 amide bonds. The number of alkyl halides is 2. The summed E-state index contributed by atoms with van der Waals surface area (Å²) >= 11 is 0. The van der Waals surface area contributed by atoms with E-state index in [-0.39, 0.29) is 25.7 Å². The third kappa shape index (κ3) is 7.32. The number of carbonyl (C=O) groups is 1. The lowest BCUT2D eigenvalue weighted by Gasteiger charge is -2.47. The number of hydrogen-bond donors (Lipinski definition) is 1. The van der Waals surface area contributed by atoms with Crippen LogP contribution in [0.1, 0.15) is 44.7 Å². The van der Waals surface area contributed by atoms with Gasteiger partial charge in [-0.25, -0.2) is 8.78 Å². The summed E-state index contributed by atoms with van der Waals surface area (Å²) in [5.41, 5.74) is 7.56. The SMILES string of the molecule is CCOC(=O)C(N)CC(F)(F)[C@@H]1O[C@H](CC)[C@H](C)[C@H](OCc2ccccc2)[C@H]1OCc1ccccc1. The summed E-state index contributed by atoms with van der Waals surface area (Å²) in [5.74, 6) is -4.53. The van der Waals surface area contributed by atoms with Crippen molar-refractivity contribution in [2.45, 2.75) is 83.2 Å². The Bertz CT molecular complexity index is 930. The van der Waals surface area contributed by atoms with E-state index in [4.69, 9.17) is 24.7 Å². The summed E-state index contributed by atoms with van der Waals surface area (Å²) in [4.78, 5) is 12.0. The molecule has 1 heterocycles. The van der Waals surface area contributed by atoms with Crippen molar-refractivity contribution in [1.29, 1.82) is 0 Å². The van der Waals surface area contributed by atoms with Crippen molar-refractivity contribution in [3.8, 4) is 0 Å². The van der Waals surface area contributed by atoms with E-state index < -0.39 is 48.8 Å². The Morgan fingerprint density at radius 2 is 1.50 bits per heavy atom. The minimum atomic E-state index is -3.46. The van der Waals surface area contributed by atoms with Gasteiger partial charge in [-0.1, -0.05) is 74.5 Å². The van der Waals surface area contributed by atoms with Gasteiger partial charge in [0.1, 0.15) is 18.2 Å². The van der Waals surface area contributed by atoms with Crippen LogP contribution in [0, 0.1) is 5.92 Å². The Kier molecular flexibility index (Phi) is 10.4. The van der Waals surface area contributed by atoms with E-state index in [1.807, 2.05) is 74.5 Å². The number of rotatable bonds is 12. The number of esters is 1. The molecule has 3 rings (SSSR count). The van der Waals surface area contributed by atoms with E-state index >= 15 is 8.78 Å². The smallest absolute Gasteiger partial charge is 0.323 e. The van der Waals surface area contributed by atoms with Crippen molar-refractivity contribution in [3.05, 3.63) is 71.8 Å². The molecule has 2 aromatic rings. The van der Waals surface area contributed by atoms with Crippen molar-refractivity contribution in [2.75, 3.05) is 6.61 Å². The molecule has 0 spiro atoms. The van der Waals surface area contributed by atoms with Gasteiger partial charge in [0, 0.05) is 12.3 Å². The maximum atomic E-state index is 15.8. The Hall–Kier alpha value is -2.39. The van der Waals surface area contributed by atoms with Crippen LogP contribution < -0.4 is 5.73 Å². The zero-order chi connectivity index (χ0) is 26.1. The van der Waals surface area contributed by atoms with Crippen LogP contribution in [0.4, 0.5) is 8.78 Å². The second-order valence-corrected chi connectivity index (χ2v) is 9.21. The predicted octanol–water partition coefficient (Wildman–Crippen LogP) is 4.89. The molecule has 0 radical (unpaired) electrons. The highest BCUT2D eigenvalue weighted by Gasteiger charge is 2.56. The quantitative estimate of drug-likeness (QED) is 0.414. The highest BCUT2D eigenvalue weighted by molar-refractivity contribution is 5.75. The Morgan fingerprint density at radius 3 is 2.00 bits per heavy atom. The zero-order valence-corrected chi connectivity index (χ0v) is 21.1. The van der Waals surface area contributed by atoms with Gasteiger partial charge in [-0.05, 0) is 24.5 Å². The van der Waals surface area contributed by atoms with Crippen LogP contribution in [-0.4, -0.2) is 49.0 Å². The number of ether oxygens (including phenoxy) is 4. The minimum absolute atomic E-state index is 0.0612. The molecule has 2 aromatic carbocycles. The van der Waals surface area contributed by atoms with E-state index in [0.717, 1.165) is 11.1 Å². The highest BCUT2D eigenvalue weighted by Crippen LogP contribution is 2.40. The molecule has 0 bridgehead atoms. The Labute approximate surface area is 212 Å². The lowest BCUT2D eigenvalue weighted by molar-refractivity contribution is -0.285. The van der Waals surface area contributed by atoms with Crippen LogP contribution in [0.25, 0.3) is 0 Å². The molecule has 0 aliphatic carbocycles. The van der Waals surface area contributed by atoms with Gasteiger partial charge >= 0.3 is 5.97 Å². The largest absolute Gasteiger partial charge is 0.465 e. The lowest BCUT2D eigenvalue weighted by Crippen LogP contribution is -2.62. The normalized spacial score (nSPS) is 25.3. The first-order chi connectivity index (χ1) is 17.3. The van der Waals surface area contributed by atoms with E-state index in [1.165, 1.54) is 0 Å². The first kappa shape index (κ1) is 28.2. The molecule has 198 valence electrons. The molecule has 0 saturated carbocycles. The van der Waals surface area contributed by atoms with E-state index in [1.54, 1.807) is 6.92 Å². The van der Waals surface area contributed by atoms with Crippen molar-refractivity contribution in [1.82, 2.24) is 0 Å². The van der Waals surface area contributed by atoms with Crippen LogP contribution in [0.5, 0.6) is 0 Å². The third-order valence-electron chi connectivity index (χ3n) is 6.52. The summed E-state index contributed by atoms with van der Waals surface area (Å²) < 4.78 is 54.7.